The van der Waals surface area contributed by atoms with Gasteiger partial charge in [-0.25, -0.2) is 12.8 Å². The Bertz CT molecular complexity index is 1070. The fourth-order valence-corrected chi connectivity index (χ4v) is 4.92. The lowest BCUT2D eigenvalue weighted by Gasteiger charge is -2.34. The van der Waals surface area contributed by atoms with Crippen molar-refractivity contribution in [1.82, 2.24) is 14.1 Å². The van der Waals surface area contributed by atoms with Crippen molar-refractivity contribution in [3.05, 3.63) is 59.4 Å². The molecule has 0 bridgehead atoms. The van der Waals surface area contributed by atoms with Gasteiger partial charge in [0.05, 0.1) is 28.7 Å². The molecule has 2 amide bonds. The van der Waals surface area contributed by atoms with Crippen molar-refractivity contribution in [3.8, 4) is 0 Å². The quantitative estimate of drug-likeness (QED) is 0.651. The number of hydrogen-bond donors (Lipinski definition) is 1. The number of hydrogen-bond acceptors (Lipinski definition) is 5. The van der Waals surface area contributed by atoms with Gasteiger partial charge in [0.1, 0.15) is 5.82 Å². The second-order valence-electron chi connectivity index (χ2n) is 7.44. The third kappa shape index (κ3) is 6.04. The number of sulfonamides is 1. The van der Waals surface area contributed by atoms with Crippen LogP contribution in [0.4, 0.5) is 10.1 Å². The smallest absolute Gasteiger partial charge is 0.243 e. The van der Waals surface area contributed by atoms with Crippen LogP contribution in [0.1, 0.15) is 0 Å². The summed E-state index contributed by atoms with van der Waals surface area (Å²) in [5, 5.41) is 3.13. The van der Waals surface area contributed by atoms with Gasteiger partial charge in [-0.3, -0.25) is 14.5 Å². The Kier molecular flexibility index (Phi) is 7.83. The van der Waals surface area contributed by atoms with Crippen molar-refractivity contribution in [2.24, 2.45) is 0 Å². The van der Waals surface area contributed by atoms with Gasteiger partial charge in [0.25, 0.3) is 0 Å². The van der Waals surface area contributed by atoms with E-state index < -0.39 is 15.8 Å². The summed E-state index contributed by atoms with van der Waals surface area (Å²) in [6, 6.07) is 11.5. The van der Waals surface area contributed by atoms with E-state index in [1.54, 1.807) is 41.1 Å². The summed E-state index contributed by atoms with van der Waals surface area (Å²) in [4.78, 5) is 28.0. The largest absolute Gasteiger partial charge is 0.339 e. The number of amides is 2. The average molecular weight is 483 g/mol. The van der Waals surface area contributed by atoms with Gasteiger partial charge in [-0.15, -0.1) is 0 Å². The Morgan fingerprint density at radius 2 is 1.66 bits per heavy atom. The Balaban J connectivity index is 1.48. The molecule has 1 saturated heterocycles. The number of para-hydroxylation sites is 1. The van der Waals surface area contributed by atoms with E-state index in [0.29, 0.717) is 10.7 Å². The summed E-state index contributed by atoms with van der Waals surface area (Å²) in [7, 11) is -2.09. The maximum Gasteiger partial charge on any atom is 0.243 e. The van der Waals surface area contributed by atoms with E-state index in [0.717, 1.165) is 12.1 Å². The highest BCUT2D eigenvalue weighted by Crippen LogP contribution is 2.20. The highest BCUT2D eigenvalue weighted by atomic mass is 35.5. The molecule has 0 aliphatic carbocycles. The van der Waals surface area contributed by atoms with Crippen LogP contribution in [0.15, 0.2) is 53.4 Å². The van der Waals surface area contributed by atoms with Crippen LogP contribution < -0.4 is 5.32 Å². The molecule has 3 rings (SSSR count). The zero-order chi connectivity index (χ0) is 23.3. The van der Waals surface area contributed by atoms with Crippen LogP contribution in [0.25, 0.3) is 0 Å². The van der Waals surface area contributed by atoms with Gasteiger partial charge in [-0.2, -0.15) is 4.31 Å². The van der Waals surface area contributed by atoms with Gasteiger partial charge < -0.3 is 10.2 Å². The molecular formula is C21H24ClFN4O4S. The number of benzene rings is 2. The number of rotatable bonds is 7. The number of piperazine rings is 1. The Labute approximate surface area is 191 Å². The molecule has 2 aromatic rings. The van der Waals surface area contributed by atoms with E-state index >= 15 is 0 Å². The van der Waals surface area contributed by atoms with Gasteiger partial charge in [0.2, 0.25) is 21.8 Å². The van der Waals surface area contributed by atoms with Crippen LogP contribution >= 0.6 is 11.6 Å². The lowest BCUT2D eigenvalue weighted by atomic mass is 10.3. The zero-order valence-electron chi connectivity index (χ0n) is 17.5. The summed E-state index contributed by atoms with van der Waals surface area (Å²) in [5.41, 5.74) is 0.498. The topological polar surface area (TPSA) is 90.0 Å². The maximum atomic E-state index is 13.1. The predicted octanol–water partition coefficient (Wildman–Crippen LogP) is 1.88. The molecule has 11 heteroatoms. The van der Waals surface area contributed by atoms with E-state index in [1.807, 2.05) is 0 Å². The van der Waals surface area contributed by atoms with E-state index in [9.17, 15) is 22.4 Å². The number of nitrogens with one attached hydrogen (secondary N) is 1. The molecule has 2 aromatic carbocycles. The van der Waals surface area contributed by atoms with Gasteiger partial charge >= 0.3 is 0 Å². The van der Waals surface area contributed by atoms with E-state index in [-0.39, 0.29) is 56.0 Å². The third-order valence-electron chi connectivity index (χ3n) is 5.01. The molecule has 0 unspecified atom stereocenters. The molecule has 0 aromatic heterocycles. The van der Waals surface area contributed by atoms with Gasteiger partial charge in [0, 0.05) is 26.2 Å². The van der Waals surface area contributed by atoms with Crippen molar-refractivity contribution in [3.63, 3.8) is 0 Å². The number of halogens is 2. The summed E-state index contributed by atoms with van der Waals surface area (Å²) in [6.45, 7) is 0.763. The monoisotopic (exact) mass is 482 g/mol. The van der Waals surface area contributed by atoms with Crippen molar-refractivity contribution >= 4 is 39.1 Å². The first-order valence-corrected chi connectivity index (χ1v) is 11.7. The Morgan fingerprint density at radius 1 is 1.03 bits per heavy atom. The standard InChI is InChI=1S/C21H24ClFN4O4S/c1-25(14-20(28)24-19-5-3-2-4-18(19)22)15-21(29)26-10-12-27(13-11-26)32(30,31)17-8-6-16(23)7-9-17/h2-9H,10-15H2,1H3,(H,24,28). The summed E-state index contributed by atoms with van der Waals surface area (Å²) < 4.78 is 39.7. The lowest BCUT2D eigenvalue weighted by molar-refractivity contribution is -0.133. The minimum atomic E-state index is -3.75. The van der Waals surface area contributed by atoms with Crippen molar-refractivity contribution < 1.29 is 22.4 Å². The molecule has 8 nitrogen and oxygen atoms in total. The van der Waals surface area contributed by atoms with E-state index in [2.05, 4.69) is 5.32 Å². The van der Waals surface area contributed by atoms with Crippen LogP contribution in [0.5, 0.6) is 0 Å². The number of carbonyl (C=O) groups excluding carboxylic acids is 2. The first kappa shape index (κ1) is 24.1. The number of carbonyl (C=O) groups is 2. The molecule has 1 heterocycles. The Morgan fingerprint density at radius 3 is 2.28 bits per heavy atom. The molecule has 0 atom stereocenters. The highest BCUT2D eigenvalue weighted by molar-refractivity contribution is 7.89. The maximum absolute atomic E-state index is 13.1. The van der Waals surface area contributed by atoms with Crippen LogP contribution in [-0.2, 0) is 19.6 Å². The van der Waals surface area contributed by atoms with Crippen LogP contribution in [0.2, 0.25) is 5.02 Å². The van der Waals surface area contributed by atoms with Gasteiger partial charge in [-0.1, -0.05) is 23.7 Å². The highest BCUT2D eigenvalue weighted by Gasteiger charge is 2.30. The first-order chi connectivity index (χ1) is 15.2. The van der Waals surface area contributed by atoms with Crippen LogP contribution in [0.3, 0.4) is 0 Å². The first-order valence-electron chi connectivity index (χ1n) is 9.93. The van der Waals surface area contributed by atoms with E-state index in [1.165, 1.54) is 16.4 Å². The normalized spacial score (nSPS) is 15.1. The summed E-state index contributed by atoms with van der Waals surface area (Å²) in [6.07, 6.45) is 0. The van der Waals surface area contributed by atoms with Crippen molar-refractivity contribution in [2.75, 3.05) is 51.6 Å². The molecule has 1 aliphatic rings. The molecule has 0 spiro atoms. The third-order valence-corrected chi connectivity index (χ3v) is 7.25. The second-order valence-corrected chi connectivity index (χ2v) is 9.78. The molecule has 0 radical (unpaired) electrons. The second kappa shape index (κ2) is 10.4. The number of anilines is 1. The minimum absolute atomic E-state index is 0.00409. The number of likely N-dealkylation sites (N-methyl/N-ethyl adjacent to an activating group) is 1. The average Bonchev–Trinajstić information content (AvgIpc) is 2.75. The van der Waals surface area contributed by atoms with Crippen molar-refractivity contribution in [2.45, 2.75) is 4.90 Å². The van der Waals surface area contributed by atoms with Gasteiger partial charge in [-0.05, 0) is 43.4 Å². The Hall–Kier alpha value is -2.53. The molecule has 0 saturated carbocycles. The molecule has 1 N–H and O–H groups in total. The number of nitrogens with zero attached hydrogens (tertiary/aromatic N) is 3. The lowest BCUT2D eigenvalue weighted by Crippen LogP contribution is -2.52. The SMILES string of the molecule is CN(CC(=O)Nc1ccccc1Cl)CC(=O)N1CCN(S(=O)(=O)c2ccc(F)cc2)CC1. The van der Waals surface area contributed by atoms with Crippen molar-refractivity contribution in [1.29, 1.82) is 0 Å². The van der Waals surface area contributed by atoms with Crippen LogP contribution in [-0.4, -0.2) is 80.7 Å². The van der Waals surface area contributed by atoms with Crippen LogP contribution in [0, 0.1) is 5.82 Å². The molecule has 32 heavy (non-hydrogen) atoms. The predicted molar refractivity (Wildman–Crippen MR) is 119 cm³/mol. The zero-order valence-corrected chi connectivity index (χ0v) is 19.1. The fourth-order valence-electron chi connectivity index (χ4n) is 3.32. The molecular weight excluding hydrogens is 459 g/mol. The van der Waals surface area contributed by atoms with E-state index in [4.69, 9.17) is 11.6 Å². The molecule has 1 aliphatic heterocycles. The molecule has 172 valence electrons. The fraction of sp³-hybridized carbons (Fsp3) is 0.333. The minimum Gasteiger partial charge on any atom is -0.339 e. The van der Waals surface area contributed by atoms with Gasteiger partial charge in [0.15, 0.2) is 0 Å². The summed E-state index contributed by atoms with van der Waals surface area (Å²) in [5.74, 6) is -1.01. The molecule has 1 fully saturated rings. The summed E-state index contributed by atoms with van der Waals surface area (Å²) >= 11 is 6.03.